The normalized spacial score (nSPS) is 13.3. The van der Waals surface area contributed by atoms with Crippen LogP contribution in [0.5, 0.6) is 0 Å². The van der Waals surface area contributed by atoms with Crippen molar-refractivity contribution in [1.82, 2.24) is 5.32 Å². The zero-order valence-corrected chi connectivity index (χ0v) is 11.1. The van der Waals surface area contributed by atoms with E-state index in [4.69, 9.17) is 4.74 Å². The fourth-order valence-corrected chi connectivity index (χ4v) is 1.59. The number of nitrogens with one attached hydrogen (secondary N) is 1. The van der Waals surface area contributed by atoms with Crippen LogP contribution in [0.15, 0.2) is 0 Å². The Morgan fingerprint density at radius 2 is 1.71 bits per heavy atom. The van der Waals surface area contributed by atoms with Crippen molar-refractivity contribution in [3.8, 4) is 0 Å². The summed E-state index contributed by atoms with van der Waals surface area (Å²) in [5, 5.41) is 3.26. The molecular formula is C11H25NOS. The minimum atomic E-state index is -0.0361. The molecule has 14 heavy (non-hydrogen) atoms. The van der Waals surface area contributed by atoms with Gasteiger partial charge in [0.25, 0.3) is 0 Å². The van der Waals surface area contributed by atoms with Gasteiger partial charge in [0.1, 0.15) is 0 Å². The van der Waals surface area contributed by atoms with E-state index in [2.05, 4.69) is 45.6 Å². The van der Waals surface area contributed by atoms with E-state index in [9.17, 15) is 0 Å². The first-order valence-electron chi connectivity index (χ1n) is 5.27. The predicted molar refractivity (Wildman–Crippen MR) is 66.3 cm³/mol. The summed E-state index contributed by atoms with van der Waals surface area (Å²) in [6.07, 6.45) is 2.02. The Bertz CT molecular complexity index is 157. The first-order valence-corrected chi connectivity index (χ1v) is 5.90. The molecule has 0 saturated carbocycles. The summed E-state index contributed by atoms with van der Waals surface area (Å²) in [6, 6.07) is 0. The molecule has 0 radical (unpaired) electrons. The van der Waals surface area contributed by atoms with E-state index in [0.717, 1.165) is 25.2 Å². The summed E-state index contributed by atoms with van der Waals surface area (Å²) in [6.45, 7) is 9.41. The second-order valence-corrected chi connectivity index (χ2v) is 5.41. The van der Waals surface area contributed by atoms with E-state index in [0.29, 0.717) is 0 Å². The summed E-state index contributed by atoms with van der Waals surface area (Å²) in [7, 11) is 1.98. The van der Waals surface area contributed by atoms with Gasteiger partial charge in [-0.25, -0.2) is 0 Å². The van der Waals surface area contributed by atoms with Crippen LogP contribution in [-0.2, 0) is 4.74 Å². The van der Waals surface area contributed by atoms with Gasteiger partial charge in [-0.1, -0.05) is 0 Å². The van der Waals surface area contributed by atoms with Gasteiger partial charge >= 0.3 is 0 Å². The largest absolute Gasteiger partial charge is 0.375 e. The van der Waals surface area contributed by atoms with Crippen LogP contribution < -0.4 is 5.32 Å². The Morgan fingerprint density at radius 3 is 2.14 bits per heavy atom. The van der Waals surface area contributed by atoms with E-state index >= 15 is 0 Å². The minimum Gasteiger partial charge on any atom is -0.375 e. The molecule has 0 spiro atoms. The number of hydrogen-bond acceptors (Lipinski definition) is 3. The van der Waals surface area contributed by atoms with Gasteiger partial charge in [0.05, 0.1) is 5.60 Å². The van der Waals surface area contributed by atoms with Crippen LogP contribution >= 0.6 is 12.6 Å². The fraction of sp³-hybridized carbons (Fsp3) is 1.00. The van der Waals surface area contributed by atoms with Gasteiger partial charge in [-0.15, -0.1) is 0 Å². The molecule has 0 aliphatic rings. The van der Waals surface area contributed by atoms with Crippen LogP contribution in [0.4, 0.5) is 0 Å². The molecule has 0 fully saturated rings. The Morgan fingerprint density at radius 1 is 1.14 bits per heavy atom. The van der Waals surface area contributed by atoms with Gasteiger partial charge in [-0.05, 0) is 53.3 Å². The second kappa shape index (κ2) is 5.99. The summed E-state index contributed by atoms with van der Waals surface area (Å²) in [5.74, 6) is 0.877. The highest BCUT2D eigenvalue weighted by Gasteiger charge is 2.20. The molecule has 0 rings (SSSR count). The zero-order chi connectivity index (χ0) is 11.2. The molecular weight excluding hydrogens is 194 g/mol. The lowest BCUT2D eigenvalue weighted by atomic mass is 10.0. The average molecular weight is 219 g/mol. The number of thiol groups is 1. The molecule has 0 heterocycles. The SMILES string of the molecule is CNC(C)(C)CCOC(C)(C)CCS. The molecule has 0 aromatic rings. The third-order valence-corrected chi connectivity index (χ3v) is 2.83. The van der Waals surface area contributed by atoms with Crippen molar-refractivity contribution in [1.29, 1.82) is 0 Å². The molecule has 1 N–H and O–H groups in total. The van der Waals surface area contributed by atoms with Crippen molar-refractivity contribution in [2.45, 2.75) is 51.7 Å². The topological polar surface area (TPSA) is 21.3 Å². The maximum absolute atomic E-state index is 5.82. The number of rotatable bonds is 7. The smallest absolute Gasteiger partial charge is 0.0634 e. The third-order valence-electron chi connectivity index (χ3n) is 2.61. The van der Waals surface area contributed by atoms with Crippen LogP contribution in [0.1, 0.15) is 40.5 Å². The molecule has 3 heteroatoms. The minimum absolute atomic E-state index is 0.0361. The van der Waals surface area contributed by atoms with E-state index < -0.39 is 0 Å². The Balaban J connectivity index is 3.73. The highest BCUT2D eigenvalue weighted by molar-refractivity contribution is 7.80. The van der Waals surface area contributed by atoms with Crippen molar-refractivity contribution < 1.29 is 4.74 Å². The Hall–Kier alpha value is 0.270. The molecule has 0 amide bonds. The predicted octanol–water partition coefficient (Wildman–Crippen LogP) is 2.49. The molecule has 0 unspecified atom stereocenters. The van der Waals surface area contributed by atoms with Crippen molar-refractivity contribution in [2.75, 3.05) is 19.4 Å². The van der Waals surface area contributed by atoms with E-state index in [1.807, 2.05) is 7.05 Å². The lowest BCUT2D eigenvalue weighted by Gasteiger charge is -2.29. The van der Waals surface area contributed by atoms with Crippen LogP contribution in [0.3, 0.4) is 0 Å². The van der Waals surface area contributed by atoms with Crippen LogP contribution in [-0.4, -0.2) is 30.5 Å². The maximum atomic E-state index is 5.82. The second-order valence-electron chi connectivity index (χ2n) is 4.97. The molecule has 0 aromatic carbocycles. The zero-order valence-electron chi connectivity index (χ0n) is 10.2. The van der Waals surface area contributed by atoms with E-state index in [-0.39, 0.29) is 11.1 Å². The molecule has 0 aliphatic heterocycles. The summed E-state index contributed by atoms with van der Waals surface area (Å²) < 4.78 is 5.82. The van der Waals surface area contributed by atoms with Gasteiger partial charge in [-0.3, -0.25) is 0 Å². The van der Waals surface area contributed by atoms with Crippen molar-refractivity contribution >= 4 is 12.6 Å². The van der Waals surface area contributed by atoms with Crippen LogP contribution in [0, 0.1) is 0 Å². The monoisotopic (exact) mass is 219 g/mol. The lowest BCUT2D eigenvalue weighted by Crippen LogP contribution is -2.38. The number of hydrogen-bond donors (Lipinski definition) is 2. The molecule has 2 nitrogen and oxygen atoms in total. The molecule has 0 aliphatic carbocycles. The van der Waals surface area contributed by atoms with Crippen molar-refractivity contribution in [3.63, 3.8) is 0 Å². The summed E-state index contributed by atoms with van der Waals surface area (Å²) in [4.78, 5) is 0. The Labute approximate surface area is 94.2 Å². The maximum Gasteiger partial charge on any atom is 0.0634 e. The highest BCUT2D eigenvalue weighted by atomic mass is 32.1. The molecule has 0 saturated heterocycles. The van der Waals surface area contributed by atoms with Crippen molar-refractivity contribution in [2.24, 2.45) is 0 Å². The van der Waals surface area contributed by atoms with E-state index in [1.165, 1.54) is 0 Å². The average Bonchev–Trinajstić information content (AvgIpc) is 2.03. The van der Waals surface area contributed by atoms with Gasteiger partial charge in [-0.2, -0.15) is 12.6 Å². The fourth-order valence-electron chi connectivity index (χ4n) is 1.05. The van der Waals surface area contributed by atoms with Gasteiger partial charge < -0.3 is 10.1 Å². The quantitative estimate of drug-likeness (QED) is 0.642. The highest BCUT2D eigenvalue weighted by Crippen LogP contribution is 2.17. The van der Waals surface area contributed by atoms with E-state index in [1.54, 1.807) is 0 Å². The van der Waals surface area contributed by atoms with Gasteiger partial charge in [0.15, 0.2) is 0 Å². The van der Waals surface area contributed by atoms with Gasteiger partial charge in [0, 0.05) is 12.1 Å². The first-order chi connectivity index (χ1) is 6.33. The molecule has 0 atom stereocenters. The standard InChI is InChI=1S/C11H25NOS/c1-10(2,12-5)6-8-13-11(3,4)7-9-14/h12,14H,6-9H2,1-5H3. The van der Waals surface area contributed by atoms with Crippen LogP contribution in [0.2, 0.25) is 0 Å². The summed E-state index contributed by atoms with van der Waals surface area (Å²) in [5.41, 5.74) is 0.128. The Kier molecular flexibility index (Phi) is 6.10. The molecule has 0 bridgehead atoms. The summed E-state index contributed by atoms with van der Waals surface area (Å²) >= 11 is 4.22. The van der Waals surface area contributed by atoms with Crippen molar-refractivity contribution in [3.05, 3.63) is 0 Å². The lowest BCUT2D eigenvalue weighted by molar-refractivity contribution is -0.0263. The van der Waals surface area contributed by atoms with Gasteiger partial charge in [0.2, 0.25) is 0 Å². The molecule has 0 aromatic heterocycles. The van der Waals surface area contributed by atoms with Crippen LogP contribution in [0.25, 0.3) is 0 Å². The number of ether oxygens (including phenoxy) is 1. The first kappa shape index (κ1) is 14.3. The third kappa shape index (κ3) is 6.68. The molecule has 86 valence electrons.